The maximum atomic E-state index is 5.82. The minimum atomic E-state index is 0.123. The minimum Gasteiger partial charge on any atom is -0.497 e. The summed E-state index contributed by atoms with van der Waals surface area (Å²) in [6.07, 6.45) is 0. The van der Waals surface area contributed by atoms with Crippen LogP contribution in [0.4, 0.5) is 5.69 Å². The molecule has 1 fully saturated rings. The Morgan fingerprint density at radius 2 is 2.24 bits per heavy atom. The lowest BCUT2D eigenvalue weighted by atomic mass is 9.85. The summed E-state index contributed by atoms with van der Waals surface area (Å²) in [7, 11) is 3.75. The van der Waals surface area contributed by atoms with Crippen LogP contribution in [0.3, 0.4) is 0 Å². The summed E-state index contributed by atoms with van der Waals surface area (Å²) >= 11 is 0. The normalized spacial score (nSPS) is 17.4. The highest BCUT2D eigenvalue weighted by Gasteiger charge is 2.38. The Morgan fingerprint density at radius 3 is 2.76 bits per heavy atom. The molecule has 1 aliphatic heterocycles. The van der Waals surface area contributed by atoms with Crippen molar-refractivity contribution in [1.29, 1.82) is 0 Å². The van der Waals surface area contributed by atoms with Crippen molar-refractivity contribution in [3.8, 4) is 5.75 Å². The summed E-state index contributed by atoms with van der Waals surface area (Å²) in [6, 6.07) is 8.05. The number of nitrogens with two attached hydrogens (primary N) is 1. The molecule has 94 valence electrons. The van der Waals surface area contributed by atoms with Gasteiger partial charge in [-0.15, -0.1) is 0 Å². The van der Waals surface area contributed by atoms with Crippen molar-refractivity contribution < 1.29 is 9.47 Å². The second-order valence-corrected chi connectivity index (χ2v) is 4.75. The molecule has 0 radical (unpaired) electrons. The molecule has 2 rings (SSSR count). The average Bonchev–Trinajstić information content (AvgIpc) is 2.33. The van der Waals surface area contributed by atoms with Gasteiger partial charge in [-0.25, -0.2) is 0 Å². The molecule has 0 saturated carbocycles. The zero-order valence-electron chi connectivity index (χ0n) is 10.5. The predicted molar refractivity (Wildman–Crippen MR) is 68.6 cm³/mol. The predicted octanol–water partition coefficient (Wildman–Crippen LogP) is 1.11. The first-order valence-electron chi connectivity index (χ1n) is 5.82. The van der Waals surface area contributed by atoms with E-state index in [-0.39, 0.29) is 5.41 Å². The zero-order chi connectivity index (χ0) is 12.3. The van der Waals surface area contributed by atoms with Crippen LogP contribution in [-0.2, 0) is 4.74 Å². The lowest BCUT2D eigenvalue weighted by Crippen LogP contribution is -2.54. The summed E-state index contributed by atoms with van der Waals surface area (Å²) < 4.78 is 10.5. The van der Waals surface area contributed by atoms with E-state index in [1.54, 1.807) is 7.11 Å². The second kappa shape index (κ2) is 4.94. The Hall–Kier alpha value is -1.26. The van der Waals surface area contributed by atoms with Crippen molar-refractivity contribution in [2.24, 2.45) is 11.1 Å². The largest absolute Gasteiger partial charge is 0.497 e. The van der Waals surface area contributed by atoms with Crippen LogP contribution in [0.1, 0.15) is 0 Å². The molecule has 0 aromatic heterocycles. The van der Waals surface area contributed by atoms with Gasteiger partial charge in [-0.05, 0) is 12.1 Å². The number of hydrogen-bond acceptors (Lipinski definition) is 4. The van der Waals surface area contributed by atoms with E-state index in [2.05, 4.69) is 18.0 Å². The minimum absolute atomic E-state index is 0.123. The van der Waals surface area contributed by atoms with Crippen molar-refractivity contribution in [3.05, 3.63) is 24.3 Å². The summed E-state index contributed by atoms with van der Waals surface area (Å²) in [5.41, 5.74) is 7.09. The number of nitrogens with zero attached hydrogens (tertiary/aromatic N) is 1. The first-order valence-corrected chi connectivity index (χ1v) is 5.82. The third kappa shape index (κ3) is 2.53. The highest BCUT2D eigenvalue weighted by Crippen LogP contribution is 2.29. The molecule has 1 saturated heterocycles. The SMILES string of the molecule is COc1cccc(N(C)CC2(CN)COC2)c1. The maximum absolute atomic E-state index is 5.82. The van der Waals surface area contributed by atoms with Crippen LogP contribution < -0.4 is 15.4 Å². The molecule has 4 nitrogen and oxygen atoms in total. The van der Waals surface area contributed by atoms with Crippen molar-refractivity contribution in [2.75, 3.05) is 45.4 Å². The van der Waals surface area contributed by atoms with Gasteiger partial charge in [-0.3, -0.25) is 0 Å². The molecule has 17 heavy (non-hydrogen) atoms. The van der Waals surface area contributed by atoms with Crippen LogP contribution in [-0.4, -0.2) is 40.5 Å². The van der Waals surface area contributed by atoms with E-state index in [9.17, 15) is 0 Å². The van der Waals surface area contributed by atoms with E-state index in [1.165, 1.54) is 0 Å². The van der Waals surface area contributed by atoms with Gasteiger partial charge in [0.1, 0.15) is 5.75 Å². The van der Waals surface area contributed by atoms with E-state index < -0.39 is 0 Å². The van der Waals surface area contributed by atoms with Crippen LogP contribution in [0, 0.1) is 5.41 Å². The van der Waals surface area contributed by atoms with Crippen molar-refractivity contribution >= 4 is 5.69 Å². The van der Waals surface area contributed by atoms with Crippen LogP contribution >= 0.6 is 0 Å². The van der Waals surface area contributed by atoms with Gasteiger partial charge in [-0.1, -0.05) is 6.07 Å². The zero-order valence-corrected chi connectivity index (χ0v) is 10.5. The van der Waals surface area contributed by atoms with Crippen LogP contribution in [0.2, 0.25) is 0 Å². The van der Waals surface area contributed by atoms with Gasteiger partial charge in [-0.2, -0.15) is 0 Å². The molecule has 0 bridgehead atoms. The first kappa shape index (κ1) is 12.2. The number of rotatable bonds is 5. The molecule has 1 aromatic carbocycles. The smallest absolute Gasteiger partial charge is 0.120 e. The number of anilines is 1. The fourth-order valence-corrected chi connectivity index (χ4v) is 2.11. The number of ether oxygens (including phenoxy) is 2. The Balaban J connectivity index is 2.05. The van der Waals surface area contributed by atoms with E-state index in [4.69, 9.17) is 15.2 Å². The second-order valence-electron chi connectivity index (χ2n) is 4.75. The fraction of sp³-hybridized carbons (Fsp3) is 0.538. The lowest BCUT2D eigenvalue weighted by Gasteiger charge is -2.43. The van der Waals surface area contributed by atoms with Gasteiger partial charge >= 0.3 is 0 Å². The summed E-state index contributed by atoms with van der Waals surface area (Å²) in [5.74, 6) is 0.876. The number of hydrogen-bond donors (Lipinski definition) is 1. The molecule has 2 N–H and O–H groups in total. The lowest BCUT2D eigenvalue weighted by molar-refractivity contribution is -0.101. The van der Waals surface area contributed by atoms with E-state index in [0.29, 0.717) is 6.54 Å². The van der Waals surface area contributed by atoms with Gasteiger partial charge in [0.2, 0.25) is 0 Å². The molecule has 0 amide bonds. The van der Waals surface area contributed by atoms with Gasteiger partial charge in [0.05, 0.1) is 20.3 Å². The molecular weight excluding hydrogens is 216 g/mol. The quantitative estimate of drug-likeness (QED) is 0.832. The van der Waals surface area contributed by atoms with Crippen LogP contribution in [0.25, 0.3) is 0 Å². The van der Waals surface area contributed by atoms with Gasteiger partial charge in [0, 0.05) is 37.3 Å². The Labute approximate surface area is 102 Å². The third-order valence-corrected chi connectivity index (χ3v) is 3.32. The summed E-state index contributed by atoms with van der Waals surface area (Å²) in [4.78, 5) is 2.21. The number of methoxy groups -OCH3 is 1. The molecule has 4 heteroatoms. The Morgan fingerprint density at radius 1 is 1.47 bits per heavy atom. The van der Waals surface area contributed by atoms with Gasteiger partial charge < -0.3 is 20.1 Å². The average molecular weight is 236 g/mol. The monoisotopic (exact) mass is 236 g/mol. The molecule has 0 spiro atoms. The topological polar surface area (TPSA) is 47.7 Å². The Kier molecular flexibility index (Phi) is 3.54. The molecular formula is C13H20N2O2. The highest BCUT2D eigenvalue weighted by atomic mass is 16.5. The fourth-order valence-electron chi connectivity index (χ4n) is 2.11. The number of benzene rings is 1. The maximum Gasteiger partial charge on any atom is 0.120 e. The molecule has 0 aliphatic carbocycles. The molecule has 1 aliphatic rings. The third-order valence-electron chi connectivity index (χ3n) is 3.32. The van der Waals surface area contributed by atoms with E-state index in [0.717, 1.165) is 31.2 Å². The van der Waals surface area contributed by atoms with Gasteiger partial charge in [0.25, 0.3) is 0 Å². The van der Waals surface area contributed by atoms with Crippen LogP contribution in [0.15, 0.2) is 24.3 Å². The van der Waals surface area contributed by atoms with Crippen molar-refractivity contribution in [3.63, 3.8) is 0 Å². The summed E-state index contributed by atoms with van der Waals surface area (Å²) in [6.45, 7) is 3.10. The Bertz CT molecular complexity index is 372. The van der Waals surface area contributed by atoms with E-state index >= 15 is 0 Å². The van der Waals surface area contributed by atoms with Crippen LogP contribution in [0.5, 0.6) is 5.75 Å². The van der Waals surface area contributed by atoms with Crippen molar-refractivity contribution in [2.45, 2.75) is 0 Å². The first-order chi connectivity index (χ1) is 8.19. The molecule has 0 atom stereocenters. The standard InChI is InChI=1S/C13H20N2O2/c1-15(8-13(7-14)9-17-10-13)11-4-3-5-12(6-11)16-2/h3-6H,7-10,14H2,1-2H3. The molecule has 1 aromatic rings. The van der Waals surface area contributed by atoms with E-state index in [1.807, 2.05) is 18.2 Å². The highest BCUT2D eigenvalue weighted by molar-refractivity contribution is 5.50. The van der Waals surface area contributed by atoms with Gasteiger partial charge in [0.15, 0.2) is 0 Å². The summed E-state index contributed by atoms with van der Waals surface area (Å²) in [5, 5.41) is 0. The molecule has 1 heterocycles. The molecule has 0 unspecified atom stereocenters. The van der Waals surface area contributed by atoms with Crippen molar-refractivity contribution in [1.82, 2.24) is 0 Å².